The van der Waals surface area contributed by atoms with E-state index in [0.717, 1.165) is 22.6 Å². The minimum absolute atomic E-state index is 0.174. The lowest BCUT2D eigenvalue weighted by atomic mass is 10.1. The average Bonchev–Trinajstić information content (AvgIpc) is 3.00. The maximum atomic E-state index is 12.9. The zero-order valence-corrected chi connectivity index (χ0v) is 19.9. The first-order valence-electron chi connectivity index (χ1n) is 10.3. The minimum atomic E-state index is -0.238. The molecular formula is C24H29N3O4S. The van der Waals surface area contributed by atoms with Crippen LogP contribution in [0.2, 0.25) is 0 Å². The van der Waals surface area contributed by atoms with Gasteiger partial charge in [0.15, 0.2) is 11.5 Å². The summed E-state index contributed by atoms with van der Waals surface area (Å²) in [6.45, 7) is 3.85. The topological polar surface area (TPSA) is 74.5 Å². The van der Waals surface area contributed by atoms with E-state index < -0.39 is 0 Å². The number of hydrogen-bond donors (Lipinski definition) is 1. The van der Waals surface area contributed by atoms with Gasteiger partial charge in [-0.3, -0.25) is 14.3 Å². The van der Waals surface area contributed by atoms with Gasteiger partial charge in [0.05, 0.1) is 25.6 Å². The van der Waals surface area contributed by atoms with Gasteiger partial charge in [-0.15, -0.1) is 0 Å². The fraction of sp³-hybridized carbons (Fsp3) is 0.333. The fourth-order valence-corrected chi connectivity index (χ4v) is 4.44. The van der Waals surface area contributed by atoms with Crippen molar-refractivity contribution in [1.82, 2.24) is 9.36 Å². The van der Waals surface area contributed by atoms with Crippen LogP contribution in [0.15, 0.2) is 47.3 Å². The number of benzene rings is 2. The first kappa shape index (κ1) is 23.5. The van der Waals surface area contributed by atoms with Gasteiger partial charge in [-0.1, -0.05) is 18.2 Å². The normalized spacial score (nSPS) is 10.8. The van der Waals surface area contributed by atoms with Gasteiger partial charge in [-0.2, -0.15) is 11.8 Å². The van der Waals surface area contributed by atoms with Crippen LogP contribution < -0.4 is 20.3 Å². The molecule has 170 valence electrons. The van der Waals surface area contributed by atoms with Crippen LogP contribution in [0.5, 0.6) is 11.5 Å². The van der Waals surface area contributed by atoms with Crippen LogP contribution in [0, 0.1) is 13.8 Å². The molecule has 0 radical (unpaired) electrons. The van der Waals surface area contributed by atoms with Gasteiger partial charge in [0, 0.05) is 25.0 Å². The van der Waals surface area contributed by atoms with Crippen molar-refractivity contribution in [2.75, 3.05) is 25.3 Å². The molecule has 0 bridgehead atoms. The number of ether oxygens (including phenoxy) is 2. The first-order chi connectivity index (χ1) is 15.4. The van der Waals surface area contributed by atoms with Crippen LogP contribution >= 0.6 is 11.8 Å². The molecule has 2 aromatic carbocycles. The van der Waals surface area contributed by atoms with E-state index in [9.17, 15) is 9.59 Å². The predicted octanol–water partition coefficient (Wildman–Crippen LogP) is 4.07. The molecule has 0 aliphatic carbocycles. The second-order valence-electron chi connectivity index (χ2n) is 7.42. The molecule has 1 amide bonds. The zero-order valence-electron chi connectivity index (χ0n) is 19.1. The molecule has 1 aromatic heterocycles. The van der Waals surface area contributed by atoms with Crippen molar-refractivity contribution in [3.63, 3.8) is 0 Å². The molecule has 1 N–H and O–H groups in total. The van der Waals surface area contributed by atoms with Crippen molar-refractivity contribution in [2.24, 2.45) is 7.05 Å². The van der Waals surface area contributed by atoms with Gasteiger partial charge >= 0.3 is 0 Å². The third-order valence-corrected chi connectivity index (χ3v) is 6.40. The standard InChI is InChI=1S/C24H29N3O4S/c1-16-13-20(30-4)21(31-5)14-18(16)15-32-12-11-22(28)25-23-17(2)26(3)27(24(23)29)19-9-7-6-8-10-19/h6-10,13-14H,11-12,15H2,1-5H3,(H,25,28). The maximum absolute atomic E-state index is 12.9. The van der Waals surface area contributed by atoms with E-state index in [0.29, 0.717) is 35.1 Å². The summed E-state index contributed by atoms with van der Waals surface area (Å²) < 4.78 is 14.0. The van der Waals surface area contributed by atoms with Crippen LogP contribution in [0.3, 0.4) is 0 Å². The molecule has 0 aliphatic rings. The Balaban J connectivity index is 1.60. The van der Waals surface area contributed by atoms with Crippen molar-refractivity contribution in [1.29, 1.82) is 0 Å². The molecule has 8 heteroatoms. The number of thioether (sulfide) groups is 1. The van der Waals surface area contributed by atoms with E-state index in [-0.39, 0.29) is 11.5 Å². The Labute approximate surface area is 192 Å². The number of nitrogens with one attached hydrogen (secondary N) is 1. The summed E-state index contributed by atoms with van der Waals surface area (Å²) in [6.07, 6.45) is 0.316. The molecule has 0 fully saturated rings. The van der Waals surface area contributed by atoms with Gasteiger partial charge in [-0.25, -0.2) is 4.68 Å². The van der Waals surface area contributed by atoms with Crippen LogP contribution in [-0.2, 0) is 17.6 Å². The van der Waals surface area contributed by atoms with Gasteiger partial charge < -0.3 is 14.8 Å². The number of carbonyl (C=O) groups is 1. The molecular weight excluding hydrogens is 426 g/mol. The Morgan fingerprint density at radius 2 is 1.72 bits per heavy atom. The van der Waals surface area contributed by atoms with Crippen LogP contribution in [0.25, 0.3) is 5.69 Å². The molecule has 32 heavy (non-hydrogen) atoms. The number of amides is 1. The number of rotatable bonds is 9. The molecule has 1 heterocycles. The van der Waals surface area contributed by atoms with E-state index in [1.165, 1.54) is 0 Å². The maximum Gasteiger partial charge on any atom is 0.295 e. The van der Waals surface area contributed by atoms with Gasteiger partial charge in [0.25, 0.3) is 5.56 Å². The number of para-hydroxylation sites is 1. The van der Waals surface area contributed by atoms with Crippen LogP contribution in [0.4, 0.5) is 5.69 Å². The lowest BCUT2D eigenvalue weighted by molar-refractivity contribution is -0.115. The van der Waals surface area contributed by atoms with Crippen molar-refractivity contribution in [3.05, 3.63) is 69.6 Å². The number of aryl methyl sites for hydroxylation is 1. The summed E-state index contributed by atoms with van der Waals surface area (Å²) in [4.78, 5) is 25.4. The summed E-state index contributed by atoms with van der Waals surface area (Å²) >= 11 is 1.66. The molecule has 3 aromatic rings. The zero-order chi connectivity index (χ0) is 23.3. The SMILES string of the molecule is COc1cc(C)c(CSCCC(=O)Nc2c(C)n(C)n(-c3ccccc3)c2=O)cc1OC. The highest BCUT2D eigenvalue weighted by Crippen LogP contribution is 2.32. The number of aromatic nitrogens is 2. The summed E-state index contributed by atoms with van der Waals surface area (Å²) in [5.74, 6) is 2.62. The minimum Gasteiger partial charge on any atom is -0.493 e. The van der Waals surface area contributed by atoms with Gasteiger partial charge in [-0.05, 0) is 49.2 Å². The third kappa shape index (κ3) is 5.02. The van der Waals surface area contributed by atoms with Crippen LogP contribution in [0.1, 0.15) is 23.2 Å². The Morgan fingerprint density at radius 1 is 1.06 bits per heavy atom. The highest BCUT2D eigenvalue weighted by molar-refractivity contribution is 7.98. The number of nitrogens with zero attached hydrogens (tertiary/aromatic N) is 2. The second-order valence-corrected chi connectivity index (χ2v) is 8.53. The smallest absolute Gasteiger partial charge is 0.295 e. The quantitative estimate of drug-likeness (QED) is 0.492. The van der Waals surface area contributed by atoms with Crippen molar-refractivity contribution >= 4 is 23.4 Å². The van der Waals surface area contributed by atoms with E-state index in [1.807, 2.05) is 56.3 Å². The van der Waals surface area contributed by atoms with Crippen LogP contribution in [-0.4, -0.2) is 35.2 Å². The molecule has 0 aliphatic heterocycles. The Morgan fingerprint density at radius 3 is 2.38 bits per heavy atom. The summed E-state index contributed by atoms with van der Waals surface area (Å²) in [5.41, 5.74) is 3.80. The Hall–Kier alpha value is -3.13. The number of methoxy groups -OCH3 is 2. The molecule has 0 atom stereocenters. The summed E-state index contributed by atoms with van der Waals surface area (Å²) in [5, 5.41) is 2.81. The largest absolute Gasteiger partial charge is 0.493 e. The first-order valence-corrected chi connectivity index (χ1v) is 11.5. The molecule has 3 rings (SSSR count). The second kappa shape index (κ2) is 10.5. The van der Waals surface area contributed by atoms with E-state index in [1.54, 1.807) is 42.4 Å². The third-order valence-electron chi connectivity index (χ3n) is 5.39. The van der Waals surface area contributed by atoms with Crippen molar-refractivity contribution < 1.29 is 14.3 Å². The average molecular weight is 456 g/mol. The summed E-state index contributed by atoms with van der Waals surface area (Å²) in [6, 6.07) is 13.3. The van der Waals surface area contributed by atoms with E-state index >= 15 is 0 Å². The number of hydrogen-bond acceptors (Lipinski definition) is 5. The number of anilines is 1. The summed E-state index contributed by atoms with van der Waals surface area (Å²) in [7, 11) is 5.04. The highest BCUT2D eigenvalue weighted by Gasteiger charge is 2.18. The molecule has 0 saturated heterocycles. The van der Waals surface area contributed by atoms with E-state index in [2.05, 4.69) is 5.32 Å². The van der Waals surface area contributed by atoms with Gasteiger partial charge in [0.1, 0.15) is 5.69 Å². The number of carbonyl (C=O) groups excluding carboxylic acids is 1. The highest BCUT2D eigenvalue weighted by atomic mass is 32.2. The van der Waals surface area contributed by atoms with Crippen molar-refractivity contribution in [3.8, 4) is 17.2 Å². The van der Waals surface area contributed by atoms with Gasteiger partial charge in [0.2, 0.25) is 5.91 Å². The molecule has 7 nitrogen and oxygen atoms in total. The lowest BCUT2D eigenvalue weighted by Gasteiger charge is -2.12. The Bertz CT molecular complexity index is 1150. The van der Waals surface area contributed by atoms with E-state index in [4.69, 9.17) is 9.47 Å². The Kier molecular flexibility index (Phi) is 7.69. The molecule has 0 unspecified atom stereocenters. The van der Waals surface area contributed by atoms with Crippen molar-refractivity contribution in [2.45, 2.75) is 26.0 Å². The molecule has 0 saturated carbocycles. The monoisotopic (exact) mass is 455 g/mol. The molecule has 0 spiro atoms. The fourth-order valence-electron chi connectivity index (χ4n) is 3.44. The lowest BCUT2D eigenvalue weighted by Crippen LogP contribution is -2.23. The predicted molar refractivity (Wildman–Crippen MR) is 129 cm³/mol.